The number of anilines is 2. The Morgan fingerprint density at radius 1 is 1.21 bits per heavy atom. The molecule has 2 aromatic carbocycles. The number of sulfonamides is 1. The van der Waals surface area contributed by atoms with Crippen LogP contribution in [0.5, 0.6) is 5.75 Å². The molecule has 0 spiro atoms. The first-order valence-corrected chi connectivity index (χ1v) is 11.1. The van der Waals surface area contributed by atoms with Crippen LogP contribution in [-0.2, 0) is 19.6 Å². The molecule has 1 fully saturated rings. The number of carbonyl (C=O) groups excluding carboxylic acids is 1. The largest absolute Gasteiger partial charge is 0.491 e. The molecule has 8 nitrogen and oxygen atoms in total. The Bertz CT molecular complexity index is 1210. The third-order valence-electron chi connectivity index (χ3n) is 5.51. The molecular weight excluding hydrogens is 489 g/mol. The zero-order chi connectivity index (χ0) is 25.5. The number of nitrogens with one attached hydrogen (secondary N) is 1. The minimum Gasteiger partial charge on any atom is -0.491 e. The second-order valence-electron chi connectivity index (χ2n) is 7.52. The quantitative estimate of drug-likeness (QED) is 0.580. The van der Waals surface area contributed by atoms with E-state index in [0.717, 1.165) is 31.3 Å². The summed E-state index contributed by atoms with van der Waals surface area (Å²) < 4.78 is 103. The number of amides is 1. The van der Waals surface area contributed by atoms with E-state index in [1.807, 2.05) is 0 Å². The van der Waals surface area contributed by atoms with Gasteiger partial charge in [0.25, 0.3) is 0 Å². The molecule has 2 aromatic rings. The number of rotatable bonds is 6. The number of carbonyl (C=O) groups is 1. The fourth-order valence-corrected chi connectivity index (χ4v) is 4.31. The van der Waals surface area contributed by atoms with Gasteiger partial charge in [-0.25, -0.2) is 17.9 Å². The summed E-state index contributed by atoms with van der Waals surface area (Å²) >= 11 is 0. The number of nitrogens with zero attached hydrogens (tertiary/aromatic N) is 1. The van der Waals surface area contributed by atoms with E-state index >= 15 is 0 Å². The summed E-state index contributed by atoms with van der Waals surface area (Å²) in [5.41, 5.74) is -3.17. The first-order valence-electron chi connectivity index (χ1n) is 9.58. The van der Waals surface area contributed by atoms with Gasteiger partial charge in [-0.1, -0.05) is 6.07 Å². The highest BCUT2D eigenvalue weighted by Crippen LogP contribution is 2.47. The van der Waals surface area contributed by atoms with Gasteiger partial charge in [-0.3, -0.25) is 4.79 Å². The van der Waals surface area contributed by atoms with Gasteiger partial charge >= 0.3 is 6.18 Å². The lowest BCUT2D eigenvalue weighted by molar-refractivity contribution is -0.261. The van der Waals surface area contributed by atoms with Crippen molar-refractivity contribution in [3.8, 4) is 5.75 Å². The lowest BCUT2D eigenvalue weighted by Crippen LogP contribution is -2.49. The minimum atomic E-state index is -4.92. The molecule has 3 rings (SSSR count). The van der Waals surface area contributed by atoms with Crippen molar-refractivity contribution >= 4 is 27.3 Å². The Kier molecular flexibility index (Phi) is 6.79. The molecule has 14 heteroatoms. The van der Waals surface area contributed by atoms with Crippen LogP contribution >= 0.6 is 0 Å². The zero-order valence-electron chi connectivity index (χ0n) is 17.8. The lowest BCUT2D eigenvalue weighted by atomic mass is 9.99. The summed E-state index contributed by atoms with van der Waals surface area (Å²) in [6, 6.07) is 4.86. The molecule has 34 heavy (non-hydrogen) atoms. The van der Waals surface area contributed by atoms with Gasteiger partial charge in [-0.15, -0.1) is 0 Å². The molecule has 0 aliphatic carbocycles. The summed E-state index contributed by atoms with van der Waals surface area (Å²) in [6.07, 6.45) is -5.82. The van der Waals surface area contributed by atoms with Gasteiger partial charge in [0.1, 0.15) is 6.04 Å². The Morgan fingerprint density at radius 3 is 2.44 bits per heavy atom. The molecule has 0 radical (unpaired) electrons. The highest BCUT2D eigenvalue weighted by molar-refractivity contribution is 7.89. The van der Waals surface area contributed by atoms with E-state index < -0.39 is 64.1 Å². The molecule has 1 heterocycles. The number of primary sulfonamides is 1. The Balaban J connectivity index is 2.06. The van der Waals surface area contributed by atoms with Crippen molar-refractivity contribution in [3.63, 3.8) is 0 Å². The van der Waals surface area contributed by atoms with Gasteiger partial charge in [0.2, 0.25) is 21.7 Å². The summed E-state index contributed by atoms with van der Waals surface area (Å²) in [7, 11) is -2.30. The molecule has 2 atom stereocenters. The van der Waals surface area contributed by atoms with Crippen LogP contribution in [0, 0.1) is 11.6 Å². The Morgan fingerprint density at radius 2 is 1.88 bits per heavy atom. The highest BCUT2D eigenvalue weighted by atomic mass is 32.2. The number of nitrogens with two attached hydrogens (primary N) is 1. The van der Waals surface area contributed by atoms with Crippen molar-refractivity contribution in [3.05, 3.63) is 48.0 Å². The van der Waals surface area contributed by atoms with Gasteiger partial charge in [-0.05, 0) is 30.3 Å². The maximum absolute atomic E-state index is 14.3. The molecule has 0 saturated carbocycles. The van der Waals surface area contributed by atoms with E-state index in [0.29, 0.717) is 6.07 Å². The predicted octanol–water partition coefficient (Wildman–Crippen LogP) is 2.79. The molecule has 0 bridgehead atoms. The van der Waals surface area contributed by atoms with Crippen LogP contribution in [0.1, 0.15) is 6.42 Å². The number of hydrogen-bond donors (Lipinski definition) is 2. The number of hydrogen-bond acceptors (Lipinski definition) is 6. The first kappa shape index (κ1) is 25.6. The number of alkyl halides is 3. The topological polar surface area (TPSA) is 111 Å². The van der Waals surface area contributed by atoms with Crippen LogP contribution in [0.2, 0.25) is 0 Å². The van der Waals surface area contributed by atoms with Crippen molar-refractivity contribution < 1.29 is 44.6 Å². The Hall–Kier alpha value is -2.97. The van der Waals surface area contributed by atoms with E-state index in [4.69, 9.17) is 14.6 Å². The van der Waals surface area contributed by atoms with Crippen molar-refractivity contribution in [2.24, 2.45) is 5.14 Å². The molecule has 3 N–H and O–H groups in total. The highest BCUT2D eigenvalue weighted by Gasteiger charge is 2.63. The third-order valence-corrected chi connectivity index (χ3v) is 6.42. The van der Waals surface area contributed by atoms with Gasteiger partial charge in [0, 0.05) is 19.2 Å². The van der Waals surface area contributed by atoms with E-state index in [-0.39, 0.29) is 16.3 Å². The SMILES string of the molecule is COc1c(N2C[C@](OC)(C(F)(F)F)C[C@H]2C(=O)Nc2cccc(S(N)(=O)=O)c2)ccc(F)c1F. The van der Waals surface area contributed by atoms with Gasteiger partial charge in [0.15, 0.2) is 17.2 Å². The fourth-order valence-electron chi connectivity index (χ4n) is 3.75. The van der Waals surface area contributed by atoms with Crippen molar-refractivity contribution in [1.29, 1.82) is 0 Å². The Labute approximate surface area is 191 Å². The predicted molar refractivity (Wildman–Crippen MR) is 111 cm³/mol. The average molecular weight is 509 g/mol. The monoisotopic (exact) mass is 509 g/mol. The summed E-state index contributed by atoms with van der Waals surface area (Å²) in [5, 5.41) is 7.41. The van der Waals surface area contributed by atoms with Gasteiger partial charge in [0.05, 0.1) is 24.2 Å². The molecule has 1 amide bonds. The zero-order valence-corrected chi connectivity index (χ0v) is 18.6. The number of halogens is 5. The maximum Gasteiger partial charge on any atom is 0.419 e. The summed E-state index contributed by atoms with van der Waals surface area (Å²) in [6.45, 7) is -0.927. The fraction of sp³-hybridized carbons (Fsp3) is 0.350. The number of ether oxygens (including phenoxy) is 2. The van der Waals surface area contributed by atoms with Gasteiger partial charge < -0.3 is 19.7 Å². The molecule has 1 aliphatic rings. The van der Waals surface area contributed by atoms with Crippen LogP contribution in [0.15, 0.2) is 41.3 Å². The van der Waals surface area contributed by atoms with E-state index in [1.165, 1.54) is 18.2 Å². The molecular formula is C20H20F5N3O5S. The van der Waals surface area contributed by atoms with Gasteiger partial charge in [-0.2, -0.15) is 17.6 Å². The standard InChI is InChI=1S/C20H20F5N3O5S/c1-32-17-14(7-6-13(21)16(17)22)28-10-19(33-2,20(23,24)25)9-15(28)18(29)27-11-4-3-5-12(8-11)34(26,30)31/h3-8,15H,9-10H2,1-2H3,(H,27,29)(H2,26,30,31)/t15-,19-/m0/s1. The third kappa shape index (κ3) is 4.65. The normalized spacial score (nSPS) is 20.9. The minimum absolute atomic E-state index is 0.0596. The molecule has 0 aromatic heterocycles. The molecule has 1 aliphatic heterocycles. The number of methoxy groups -OCH3 is 2. The van der Waals surface area contributed by atoms with Crippen molar-refractivity contribution in [2.45, 2.75) is 29.1 Å². The first-order chi connectivity index (χ1) is 15.7. The average Bonchev–Trinajstić information content (AvgIpc) is 3.16. The van der Waals surface area contributed by atoms with Crippen molar-refractivity contribution in [1.82, 2.24) is 0 Å². The summed E-state index contributed by atoms with van der Waals surface area (Å²) in [4.78, 5) is 13.6. The molecule has 0 unspecified atom stereocenters. The van der Waals surface area contributed by atoms with Crippen LogP contribution in [0.25, 0.3) is 0 Å². The van der Waals surface area contributed by atoms with Crippen LogP contribution in [0.3, 0.4) is 0 Å². The van der Waals surface area contributed by atoms with Crippen molar-refractivity contribution in [2.75, 3.05) is 31.0 Å². The van der Waals surface area contributed by atoms with E-state index in [2.05, 4.69) is 5.32 Å². The van der Waals surface area contributed by atoms with Crippen LogP contribution in [-0.4, -0.2) is 52.9 Å². The lowest BCUT2D eigenvalue weighted by Gasteiger charge is -2.31. The van der Waals surface area contributed by atoms with Crippen LogP contribution in [0.4, 0.5) is 33.3 Å². The van der Waals surface area contributed by atoms with E-state index in [1.54, 1.807) is 0 Å². The second-order valence-corrected chi connectivity index (χ2v) is 9.08. The second kappa shape index (κ2) is 9.00. The number of benzene rings is 2. The van der Waals surface area contributed by atoms with Crippen LogP contribution < -0.4 is 20.1 Å². The smallest absolute Gasteiger partial charge is 0.419 e. The summed E-state index contributed by atoms with van der Waals surface area (Å²) in [5.74, 6) is -4.42. The molecule has 186 valence electrons. The van der Waals surface area contributed by atoms with E-state index in [9.17, 15) is 35.2 Å². The maximum atomic E-state index is 14.3. The molecule has 1 saturated heterocycles.